The van der Waals surface area contributed by atoms with Crippen LogP contribution in [0.1, 0.15) is 30.9 Å². The van der Waals surface area contributed by atoms with Gasteiger partial charge in [-0.25, -0.2) is 0 Å². The molecule has 0 aliphatic carbocycles. The summed E-state index contributed by atoms with van der Waals surface area (Å²) in [5, 5.41) is 10.2. The maximum atomic E-state index is 10.2. The first kappa shape index (κ1) is 16.0. The van der Waals surface area contributed by atoms with Crippen molar-refractivity contribution in [3.8, 4) is 0 Å². The number of aliphatic hydroxyl groups excluding tert-OH is 1. The van der Waals surface area contributed by atoms with Crippen LogP contribution in [0.5, 0.6) is 0 Å². The quantitative estimate of drug-likeness (QED) is 0.862. The third-order valence-electron chi connectivity index (χ3n) is 4.06. The van der Waals surface area contributed by atoms with Gasteiger partial charge in [0.05, 0.1) is 6.10 Å². The van der Waals surface area contributed by atoms with Gasteiger partial charge in [-0.05, 0) is 56.0 Å². The number of hydrogen-bond donors (Lipinski definition) is 1. The molecule has 20 heavy (non-hydrogen) atoms. The minimum atomic E-state index is -0.371. The highest BCUT2D eigenvalue weighted by Crippen LogP contribution is 2.22. The fraction of sp³-hybridized carbons (Fsp3) is 0.625. The van der Waals surface area contributed by atoms with Crippen LogP contribution in [0.4, 0.5) is 0 Å². The maximum absolute atomic E-state index is 10.2. The molecule has 1 atom stereocenters. The van der Waals surface area contributed by atoms with E-state index in [1.165, 1.54) is 12.8 Å². The fourth-order valence-electron chi connectivity index (χ4n) is 2.80. The number of rotatable bonds is 6. The average Bonchev–Trinajstić information content (AvgIpc) is 2.46. The summed E-state index contributed by atoms with van der Waals surface area (Å²) in [4.78, 5) is 2.45. The van der Waals surface area contributed by atoms with Crippen LogP contribution in [0.2, 0.25) is 0 Å². The molecular weight excluding hydrogens is 318 g/mol. The SMILES string of the molecule is COCC1CCN(CCC(O)c2cccc(Br)c2)CC1. The minimum absolute atomic E-state index is 0.371. The highest BCUT2D eigenvalue weighted by molar-refractivity contribution is 9.10. The number of halogens is 1. The number of likely N-dealkylation sites (tertiary alicyclic amines) is 1. The Balaban J connectivity index is 1.73. The Hall–Kier alpha value is -0.420. The van der Waals surface area contributed by atoms with Crippen LogP contribution in [0.25, 0.3) is 0 Å². The zero-order valence-electron chi connectivity index (χ0n) is 12.1. The number of benzene rings is 1. The first-order valence-corrected chi connectivity index (χ1v) is 8.13. The zero-order chi connectivity index (χ0) is 14.4. The summed E-state index contributed by atoms with van der Waals surface area (Å²) in [6, 6.07) is 7.94. The van der Waals surface area contributed by atoms with Crippen LogP contribution >= 0.6 is 15.9 Å². The molecule has 0 bridgehead atoms. The van der Waals surface area contributed by atoms with Crippen molar-refractivity contribution in [2.75, 3.05) is 33.4 Å². The summed E-state index contributed by atoms with van der Waals surface area (Å²) in [6.07, 6.45) is 2.84. The van der Waals surface area contributed by atoms with Crippen molar-refractivity contribution in [1.29, 1.82) is 0 Å². The molecule has 1 aliphatic heterocycles. The smallest absolute Gasteiger partial charge is 0.0802 e. The van der Waals surface area contributed by atoms with E-state index in [1.54, 1.807) is 7.11 Å². The van der Waals surface area contributed by atoms with Crippen molar-refractivity contribution in [2.24, 2.45) is 5.92 Å². The monoisotopic (exact) mass is 341 g/mol. The Morgan fingerprint density at radius 2 is 2.15 bits per heavy atom. The van der Waals surface area contributed by atoms with E-state index >= 15 is 0 Å². The standard InChI is InChI=1S/C16H24BrNO2/c1-20-12-13-5-8-18(9-6-13)10-7-16(19)14-3-2-4-15(17)11-14/h2-4,11,13,16,19H,5-10,12H2,1H3. The highest BCUT2D eigenvalue weighted by Gasteiger charge is 2.19. The van der Waals surface area contributed by atoms with Gasteiger partial charge in [0.25, 0.3) is 0 Å². The van der Waals surface area contributed by atoms with Crippen molar-refractivity contribution in [3.63, 3.8) is 0 Å². The number of ether oxygens (including phenoxy) is 1. The van der Waals surface area contributed by atoms with Crippen molar-refractivity contribution in [1.82, 2.24) is 4.90 Å². The van der Waals surface area contributed by atoms with Crippen LogP contribution in [0.15, 0.2) is 28.7 Å². The summed E-state index contributed by atoms with van der Waals surface area (Å²) in [5.74, 6) is 0.714. The Morgan fingerprint density at radius 3 is 2.80 bits per heavy atom. The number of piperidine rings is 1. The van der Waals surface area contributed by atoms with Crippen molar-refractivity contribution < 1.29 is 9.84 Å². The van der Waals surface area contributed by atoms with Gasteiger partial charge in [0.1, 0.15) is 0 Å². The molecule has 1 saturated heterocycles. The normalized spacial score (nSPS) is 19.1. The van der Waals surface area contributed by atoms with Gasteiger partial charge >= 0.3 is 0 Å². The van der Waals surface area contributed by atoms with Gasteiger partial charge in [0.2, 0.25) is 0 Å². The van der Waals surface area contributed by atoms with E-state index in [2.05, 4.69) is 20.8 Å². The zero-order valence-corrected chi connectivity index (χ0v) is 13.7. The first-order chi connectivity index (χ1) is 9.69. The predicted octanol–water partition coefficient (Wildman–Crippen LogP) is 3.23. The van der Waals surface area contributed by atoms with Gasteiger partial charge in [0.15, 0.2) is 0 Å². The molecule has 0 saturated carbocycles. The van der Waals surface area contributed by atoms with E-state index in [4.69, 9.17) is 4.74 Å². The van der Waals surface area contributed by atoms with Gasteiger partial charge in [-0.2, -0.15) is 0 Å². The number of hydrogen-bond acceptors (Lipinski definition) is 3. The molecule has 0 amide bonds. The molecular formula is C16H24BrNO2. The third-order valence-corrected chi connectivity index (χ3v) is 4.55. The van der Waals surface area contributed by atoms with Gasteiger partial charge in [-0.3, -0.25) is 0 Å². The van der Waals surface area contributed by atoms with E-state index in [0.29, 0.717) is 5.92 Å². The van der Waals surface area contributed by atoms with Crippen LogP contribution in [-0.2, 0) is 4.74 Å². The predicted molar refractivity (Wildman–Crippen MR) is 84.8 cm³/mol. The molecule has 1 fully saturated rings. The number of aliphatic hydroxyl groups is 1. The van der Waals surface area contributed by atoms with E-state index in [0.717, 1.165) is 42.7 Å². The lowest BCUT2D eigenvalue weighted by Gasteiger charge is -2.32. The largest absolute Gasteiger partial charge is 0.388 e. The lowest BCUT2D eigenvalue weighted by atomic mass is 9.97. The van der Waals surface area contributed by atoms with Crippen molar-refractivity contribution >= 4 is 15.9 Å². The average molecular weight is 342 g/mol. The molecule has 1 N–H and O–H groups in total. The molecule has 1 unspecified atom stereocenters. The Bertz CT molecular complexity index is 405. The van der Waals surface area contributed by atoms with Gasteiger partial charge < -0.3 is 14.7 Å². The van der Waals surface area contributed by atoms with Gasteiger partial charge in [-0.15, -0.1) is 0 Å². The highest BCUT2D eigenvalue weighted by atomic mass is 79.9. The lowest BCUT2D eigenvalue weighted by Crippen LogP contribution is -2.36. The Kier molecular flexibility index (Phi) is 6.49. The Labute approximate surface area is 130 Å². The van der Waals surface area contributed by atoms with Gasteiger partial charge in [-0.1, -0.05) is 28.1 Å². The van der Waals surface area contributed by atoms with Crippen LogP contribution in [-0.4, -0.2) is 43.4 Å². The van der Waals surface area contributed by atoms with Crippen LogP contribution < -0.4 is 0 Å². The second kappa shape index (κ2) is 8.13. The molecule has 1 aromatic carbocycles. The van der Waals surface area contributed by atoms with Gasteiger partial charge in [0, 0.05) is 24.7 Å². The molecule has 0 aromatic heterocycles. The van der Waals surface area contributed by atoms with Crippen molar-refractivity contribution in [2.45, 2.75) is 25.4 Å². The van der Waals surface area contributed by atoms with Crippen LogP contribution in [0, 0.1) is 5.92 Å². The summed E-state index contributed by atoms with van der Waals surface area (Å²) in [5.41, 5.74) is 0.994. The molecule has 0 spiro atoms. The summed E-state index contributed by atoms with van der Waals surface area (Å²) >= 11 is 3.45. The number of methoxy groups -OCH3 is 1. The second-order valence-electron chi connectivity index (χ2n) is 5.60. The fourth-order valence-corrected chi connectivity index (χ4v) is 3.21. The first-order valence-electron chi connectivity index (χ1n) is 7.34. The molecule has 3 nitrogen and oxygen atoms in total. The second-order valence-corrected chi connectivity index (χ2v) is 6.52. The summed E-state index contributed by atoms with van der Waals surface area (Å²) in [7, 11) is 1.78. The maximum Gasteiger partial charge on any atom is 0.0802 e. The molecule has 1 aromatic rings. The molecule has 1 heterocycles. The Morgan fingerprint density at radius 1 is 1.40 bits per heavy atom. The lowest BCUT2D eigenvalue weighted by molar-refractivity contribution is 0.0869. The summed E-state index contributed by atoms with van der Waals surface area (Å²) < 4.78 is 6.24. The molecule has 4 heteroatoms. The van der Waals surface area contributed by atoms with Crippen LogP contribution in [0.3, 0.4) is 0 Å². The van der Waals surface area contributed by atoms with Crippen molar-refractivity contribution in [3.05, 3.63) is 34.3 Å². The van der Waals surface area contributed by atoms with E-state index < -0.39 is 0 Å². The molecule has 0 radical (unpaired) electrons. The topological polar surface area (TPSA) is 32.7 Å². The number of nitrogens with zero attached hydrogens (tertiary/aromatic N) is 1. The molecule has 1 aliphatic rings. The molecule has 112 valence electrons. The van der Waals surface area contributed by atoms with E-state index in [9.17, 15) is 5.11 Å². The summed E-state index contributed by atoms with van der Waals surface area (Å²) in [6.45, 7) is 4.10. The minimum Gasteiger partial charge on any atom is -0.388 e. The van der Waals surface area contributed by atoms with E-state index in [1.807, 2.05) is 24.3 Å². The third kappa shape index (κ3) is 4.85. The molecule has 2 rings (SSSR count). The van der Waals surface area contributed by atoms with E-state index in [-0.39, 0.29) is 6.10 Å².